The molecule has 18 heavy (non-hydrogen) atoms. The second-order valence-electron chi connectivity index (χ2n) is 3.90. The SMILES string of the molecule is Cc1ccc(Cl)cc1Oc1c(Cl)cccc1CO. The van der Waals surface area contributed by atoms with Gasteiger partial charge in [0.1, 0.15) is 5.75 Å². The van der Waals surface area contributed by atoms with E-state index in [1.54, 1.807) is 30.3 Å². The second kappa shape index (κ2) is 5.61. The summed E-state index contributed by atoms with van der Waals surface area (Å²) in [7, 11) is 0. The van der Waals surface area contributed by atoms with E-state index in [1.807, 2.05) is 13.0 Å². The van der Waals surface area contributed by atoms with E-state index < -0.39 is 0 Å². The summed E-state index contributed by atoms with van der Waals surface area (Å²) in [5, 5.41) is 10.3. The molecule has 2 rings (SSSR count). The lowest BCUT2D eigenvalue weighted by molar-refractivity contribution is 0.276. The van der Waals surface area contributed by atoms with E-state index >= 15 is 0 Å². The van der Waals surface area contributed by atoms with Crippen LogP contribution in [0.15, 0.2) is 36.4 Å². The van der Waals surface area contributed by atoms with Gasteiger partial charge >= 0.3 is 0 Å². The van der Waals surface area contributed by atoms with Crippen molar-refractivity contribution in [1.29, 1.82) is 0 Å². The highest BCUT2D eigenvalue weighted by atomic mass is 35.5. The smallest absolute Gasteiger partial charge is 0.151 e. The van der Waals surface area contributed by atoms with Gasteiger partial charge in [-0.05, 0) is 30.7 Å². The number of para-hydroxylation sites is 1. The van der Waals surface area contributed by atoms with Gasteiger partial charge in [-0.2, -0.15) is 0 Å². The van der Waals surface area contributed by atoms with Crippen molar-refractivity contribution >= 4 is 23.2 Å². The monoisotopic (exact) mass is 282 g/mol. The minimum absolute atomic E-state index is 0.129. The van der Waals surface area contributed by atoms with Crippen LogP contribution in [0.1, 0.15) is 11.1 Å². The van der Waals surface area contributed by atoms with Gasteiger partial charge in [-0.25, -0.2) is 0 Å². The van der Waals surface area contributed by atoms with Crippen LogP contribution in [-0.4, -0.2) is 5.11 Å². The summed E-state index contributed by atoms with van der Waals surface area (Å²) in [5.74, 6) is 1.09. The number of aliphatic hydroxyl groups excluding tert-OH is 1. The summed E-state index contributed by atoms with van der Waals surface area (Å²) in [6.45, 7) is 1.79. The van der Waals surface area contributed by atoms with Crippen molar-refractivity contribution in [2.24, 2.45) is 0 Å². The molecule has 0 aliphatic heterocycles. The number of hydrogen-bond donors (Lipinski definition) is 1. The van der Waals surface area contributed by atoms with E-state index in [2.05, 4.69) is 0 Å². The Morgan fingerprint density at radius 1 is 1.17 bits per heavy atom. The van der Waals surface area contributed by atoms with E-state index in [-0.39, 0.29) is 6.61 Å². The third-order valence-corrected chi connectivity index (χ3v) is 3.11. The largest absolute Gasteiger partial charge is 0.455 e. The van der Waals surface area contributed by atoms with Gasteiger partial charge in [-0.15, -0.1) is 0 Å². The van der Waals surface area contributed by atoms with Crippen LogP contribution >= 0.6 is 23.2 Å². The average Bonchev–Trinajstić information content (AvgIpc) is 2.36. The van der Waals surface area contributed by atoms with Crippen LogP contribution in [-0.2, 0) is 6.61 Å². The molecule has 94 valence electrons. The van der Waals surface area contributed by atoms with E-state index in [4.69, 9.17) is 27.9 Å². The molecule has 0 spiro atoms. The van der Waals surface area contributed by atoms with Crippen molar-refractivity contribution in [2.75, 3.05) is 0 Å². The molecule has 1 N–H and O–H groups in total. The van der Waals surface area contributed by atoms with E-state index in [0.29, 0.717) is 27.1 Å². The van der Waals surface area contributed by atoms with Crippen molar-refractivity contribution in [3.8, 4) is 11.5 Å². The number of halogens is 2. The maximum atomic E-state index is 9.28. The molecule has 4 heteroatoms. The zero-order valence-electron chi connectivity index (χ0n) is 9.78. The molecule has 0 saturated heterocycles. The zero-order chi connectivity index (χ0) is 13.1. The standard InChI is InChI=1S/C14H12Cl2O2/c1-9-5-6-11(15)7-13(9)18-14-10(8-17)3-2-4-12(14)16/h2-7,17H,8H2,1H3. The van der Waals surface area contributed by atoms with Gasteiger partial charge in [0.25, 0.3) is 0 Å². The summed E-state index contributed by atoms with van der Waals surface area (Å²) in [4.78, 5) is 0. The highest BCUT2D eigenvalue weighted by Gasteiger charge is 2.10. The highest BCUT2D eigenvalue weighted by Crippen LogP contribution is 2.35. The zero-order valence-corrected chi connectivity index (χ0v) is 11.3. The van der Waals surface area contributed by atoms with Crippen LogP contribution in [0.25, 0.3) is 0 Å². The molecule has 0 unspecified atom stereocenters. The summed E-state index contributed by atoms with van der Waals surface area (Å²) < 4.78 is 5.77. The van der Waals surface area contributed by atoms with Crippen LogP contribution in [0.5, 0.6) is 11.5 Å². The number of ether oxygens (including phenoxy) is 1. The van der Waals surface area contributed by atoms with Crippen LogP contribution in [0.2, 0.25) is 10.0 Å². The van der Waals surface area contributed by atoms with Gasteiger partial charge in [0.2, 0.25) is 0 Å². The Labute approximate surface area is 116 Å². The van der Waals surface area contributed by atoms with Crippen LogP contribution < -0.4 is 4.74 Å². The predicted octanol–water partition coefficient (Wildman–Crippen LogP) is 4.59. The quantitative estimate of drug-likeness (QED) is 0.893. The first kappa shape index (κ1) is 13.2. The molecule has 0 aliphatic rings. The van der Waals surface area contributed by atoms with Gasteiger partial charge in [-0.1, -0.05) is 41.4 Å². The van der Waals surface area contributed by atoms with E-state index in [1.165, 1.54) is 0 Å². The molecule has 0 aromatic heterocycles. The fraction of sp³-hybridized carbons (Fsp3) is 0.143. The molecule has 2 aromatic carbocycles. The summed E-state index contributed by atoms with van der Waals surface area (Å²) in [6.07, 6.45) is 0. The first-order valence-electron chi connectivity index (χ1n) is 5.44. The van der Waals surface area contributed by atoms with Crippen LogP contribution in [0.3, 0.4) is 0 Å². The lowest BCUT2D eigenvalue weighted by Gasteiger charge is -2.13. The number of benzene rings is 2. The summed E-state index contributed by atoms with van der Waals surface area (Å²) in [6, 6.07) is 10.6. The minimum Gasteiger partial charge on any atom is -0.455 e. The first-order valence-corrected chi connectivity index (χ1v) is 6.19. The lowest BCUT2D eigenvalue weighted by Crippen LogP contribution is -1.94. The Morgan fingerprint density at radius 2 is 1.94 bits per heavy atom. The van der Waals surface area contributed by atoms with Crippen molar-refractivity contribution in [2.45, 2.75) is 13.5 Å². The average molecular weight is 283 g/mol. The van der Waals surface area contributed by atoms with Gasteiger partial charge in [0.15, 0.2) is 5.75 Å². The van der Waals surface area contributed by atoms with Crippen LogP contribution in [0, 0.1) is 6.92 Å². The molecule has 0 amide bonds. The van der Waals surface area contributed by atoms with E-state index in [9.17, 15) is 5.11 Å². The Bertz CT molecular complexity index is 568. The maximum Gasteiger partial charge on any atom is 0.151 e. The van der Waals surface area contributed by atoms with Gasteiger partial charge < -0.3 is 9.84 Å². The van der Waals surface area contributed by atoms with Crippen molar-refractivity contribution < 1.29 is 9.84 Å². The topological polar surface area (TPSA) is 29.5 Å². The fourth-order valence-corrected chi connectivity index (χ4v) is 1.98. The van der Waals surface area contributed by atoms with Crippen molar-refractivity contribution in [1.82, 2.24) is 0 Å². The maximum absolute atomic E-state index is 9.28. The molecule has 0 fully saturated rings. The first-order chi connectivity index (χ1) is 8.61. The number of aliphatic hydroxyl groups is 1. The lowest BCUT2D eigenvalue weighted by atomic mass is 10.2. The number of rotatable bonds is 3. The third-order valence-electron chi connectivity index (χ3n) is 2.58. The van der Waals surface area contributed by atoms with Gasteiger partial charge in [0, 0.05) is 10.6 Å². The highest BCUT2D eigenvalue weighted by molar-refractivity contribution is 6.32. The van der Waals surface area contributed by atoms with Crippen molar-refractivity contribution in [3.05, 3.63) is 57.6 Å². The second-order valence-corrected chi connectivity index (χ2v) is 4.74. The molecule has 0 radical (unpaired) electrons. The molecule has 0 bridgehead atoms. The minimum atomic E-state index is -0.129. The Balaban J connectivity index is 2.42. The molecule has 0 saturated carbocycles. The predicted molar refractivity (Wildman–Crippen MR) is 73.6 cm³/mol. The van der Waals surface area contributed by atoms with Crippen LogP contribution in [0.4, 0.5) is 0 Å². The molecule has 2 nitrogen and oxygen atoms in total. The normalized spacial score (nSPS) is 10.4. The van der Waals surface area contributed by atoms with Gasteiger partial charge in [-0.3, -0.25) is 0 Å². The molecule has 0 atom stereocenters. The summed E-state index contributed by atoms with van der Waals surface area (Å²) >= 11 is 12.0. The Hall–Kier alpha value is -1.22. The number of aryl methyl sites for hydroxylation is 1. The third kappa shape index (κ3) is 2.78. The van der Waals surface area contributed by atoms with E-state index in [0.717, 1.165) is 5.56 Å². The van der Waals surface area contributed by atoms with Gasteiger partial charge in [0.05, 0.1) is 11.6 Å². The molecule has 0 aliphatic carbocycles. The summed E-state index contributed by atoms with van der Waals surface area (Å²) in [5.41, 5.74) is 1.59. The fourth-order valence-electron chi connectivity index (χ4n) is 1.59. The Kier molecular flexibility index (Phi) is 4.12. The molecular formula is C14H12Cl2O2. The molecule has 0 heterocycles. The molecular weight excluding hydrogens is 271 g/mol. The van der Waals surface area contributed by atoms with Crippen molar-refractivity contribution in [3.63, 3.8) is 0 Å². The Morgan fingerprint density at radius 3 is 2.67 bits per heavy atom. The number of hydrogen-bond acceptors (Lipinski definition) is 2. The molecule has 2 aromatic rings.